The standard InChI is InChI=1S/C20H24FN3O3S/c1-15-8-9-16(13-19(15)21)22-14-20(25)23-17-6-5-7-18(12-17)28(26,27)24-10-3-2-4-11-24/h5-9,12-13,22H,2-4,10-11,14H2,1H3,(H,23,25). The predicted octanol–water partition coefficient (Wildman–Crippen LogP) is 3.36. The summed E-state index contributed by atoms with van der Waals surface area (Å²) in [6, 6.07) is 10.9. The lowest BCUT2D eigenvalue weighted by Crippen LogP contribution is -2.35. The van der Waals surface area contributed by atoms with E-state index in [1.54, 1.807) is 31.2 Å². The molecule has 0 radical (unpaired) electrons. The molecule has 0 atom stereocenters. The maximum absolute atomic E-state index is 13.6. The summed E-state index contributed by atoms with van der Waals surface area (Å²) in [6.07, 6.45) is 2.77. The van der Waals surface area contributed by atoms with Crippen LogP contribution in [0.3, 0.4) is 0 Å². The molecule has 0 unspecified atom stereocenters. The quantitative estimate of drug-likeness (QED) is 0.773. The fourth-order valence-corrected chi connectivity index (χ4v) is 4.64. The van der Waals surface area contributed by atoms with E-state index in [1.165, 1.54) is 22.5 Å². The van der Waals surface area contributed by atoms with Crippen LogP contribution in [0.2, 0.25) is 0 Å². The van der Waals surface area contributed by atoms with Crippen molar-refractivity contribution in [1.29, 1.82) is 0 Å². The van der Waals surface area contributed by atoms with Crippen LogP contribution in [0.5, 0.6) is 0 Å². The SMILES string of the molecule is Cc1ccc(NCC(=O)Nc2cccc(S(=O)(=O)N3CCCCC3)c2)cc1F. The number of amides is 1. The average Bonchev–Trinajstić information content (AvgIpc) is 2.70. The number of carbonyl (C=O) groups is 1. The molecule has 0 spiro atoms. The molecule has 2 N–H and O–H groups in total. The Morgan fingerprint density at radius 3 is 2.54 bits per heavy atom. The summed E-state index contributed by atoms with van der Waals surface area (Å²) < 4.78 is 40.6. The lowest BCUT2D eigenvalue weighted by atomic mass is 10.2. The Hall–Kier alpha value is -2.45. The van der Waals surface area contributed by atoms with Crippen LogP contribution in [0.1, 0.15) is 24.8 Å². The normalized spacial score (nSPS) is 15.2. The van der Waals surface area contributed by atoms with E-state index < -0.39 is 10.0 Å². The molecule has 150 valence electrons. The molecule has 3 rings (SSSR count). The molecular formula is C20H24FN3O3S. The Kier molecular flexibility index (Phi) is 6.31. The topological polar surface area (TPSA) is 78.5 Å². The van der Waals surface area contributed by atoms with E-state index in [2.05, 4.69) is 10.6 Å². The minimum Gasteiger partial charge on any atom is -0.376 e. The van der Waals surface area contributed by atoms with Gasteiger partial charge in [0.25, 0.3) is 0 Å². The van der Waals surface area contributed by atoms with Gasteiger partial charge in [-0.2, -0.15) is 4.31 Å². The number of hydrogen-bond acceptors (Lipinski definition) is 4. The molecule has 6 nitrogen and oxygen atoms in total. The van der Waals surface area contributed by atoms with E-state index >= 15 is 0 Å². The van der Waals surface area contributed by atoms with Gasteiger partial charge in [0.1, 0.15) is 5.82 Å². The largest absolute Gasteiger partial charge is 0.376 e. The van der Waals surface area contributed by atoms with E-state index in [-0.39, 0.29) is 23.2 Å². The first-order valence-corrected chi connectivity index (χ1v) is 10.7. The molecule has 1 heterocycles. The Morgan fingerprint density at radius 1 is 1.07 bits per heavy atom. The fourth-order valence-electron chi connectivity index (χ4n) is 3.08. The van der Waals surface area contributed by atoms with Crippen LogP contribution in [-0.4, -0.2) is 38.3 Å². The number of rotatable bonds is 6. The molecule has 0 bridgehead atoms. The van der Waals surface area contributed by atoms with Crippen molar-refractivity contribution in [3.8, 4) is 0 Å². The minimum atomic E-state index is -3.56. The van der Waals surface area contributed by atoms with Crippen molar-refractivity contribution in [1.82, 2.24) is 4.31 Å². The third-order valence-corrected chi connectivity index (χ3v) is 6.59. The highest BCUT2D eigenvalue weighted by atomic mass is 32.2. The molecule has 1 saturated heterocycles. The van der Waals surface area contributed by atoms with Gasteiger partial charge in [0.15, 0.2) is 0 Å². The van der Waals surface area contributed by atoms with E-state index in [4.69, 9.17) is 0 Å². The molecule has 1 amide bonds. The van der Waals surface area contributed by atoms with Gasteiger partial charge in [-0.3, -0.25) is 4.79 Å². The smallest absolute Gasteiger partial charge is 0.243 e. The monoisotopic (exact) mass is 405 g/mol. The van der Waals surface area contributed by atoms with Crippen LogP contribution in [0.25, 0.3) is 0 Å². The van der Waals surface area contributed by atoms with Gasteiger partial charge in [-0.1, -0.05) is 18.6 Å². The van der Waals surface area contributed by atoms with Gasteiger partial charge in [-0.05, 0) is 55.7 Å². The summed E-state index contributed by atoms with van der Waals surface area (Å²) in [4.78, 5) is 12.3. The molecule has 28 heavy (non-hydrogen) atoms. The molecule has 1 aliphatic rings. The highest BCUT2D eigenvalue weighted by Crippen LogP contribution is 2.23. The zero-order valence-corrected chi connectivity index (χ0v) is 16.6. The lowest BCUT2D eigenvalue weighted by Gasteiger charge is -2.26. The summed E-state index contributed by atoms with van der Waals surface area (Å²) in [5.41, 5.74) is 1.43. The van der Waals surface area contributed by atoms with E-state index in [9.17, 15) is 17.6 Å². The molecule has 2 aromatic rings. The fraction of sp³-hybridized carbons (Fsp3) is 0.350. The Morgan fingerprint density at radius 2 is 1.82 bits per heavy atom. The van der Waals surface area contributed by atoms with E-state index in [0.717, 1.165) is 19.3 Å². The summed E-state index contributed by atoms with van der Waals surface area (Å²) >= 11 is 0. The summed E-state index contributed by atoms with van der Waals surface area (Å²) in [6.45, 7) is 2.65. The zero-order valence-electron chi connectivity index (χ0n) is 15.7. The van der Waals surface area contributed by atoms with Gasteiger partial charge in [0, 0.05) is 24.5 Å². The first-order valence-electron chi connectivity index (χ1n) is 9.26. The van der Waals surface area contributed by atoms with Crippen molar-refractivity contribution >= 4 is 27.3 Å². The number of hydrogen-bond donors (Lipinski definition) is 2. The molecule has 1 fully saturated rings. The highest BCUT2D eigenvalue weighted by molar-refractivity contribution is 7.89. The van der Waals surface area contributed by atoms with Crippen LogP contribution < -0.4 is 10.6 Å². The molecule has 0 saturated carbocycles. The van der Waals surface area contributed by atoms with Crippen molar-refractivity contribution in [3.63, 3.8) is 0 Å². The number of nitrogens with one attached hydrogen (secondary N) is 2. The number of nitrogens with zero attached hydrogens (tertiary/aromatic N) is 1. The second-order valence-electron chi connectivity index (χ2n) is 6.86. The van der Waals surface area contributed by atoms with E-state index in [0.29, 0.717) is 30.0 Å². The summed E-state index contributed by atoms with van der Waals surface area (Å²) in [7, 11) is -3.56. The number of sulfonamides is 1. The van der Waals surface area contributed by atoms with Crippen LogP contribution in [0, 0.1) is 12.7 Å². The Balaban J connectivity index is 1.63. The highest BCUT2D eigenvalue weighted by Gasteiger charge is 2.26. The average molecular weight is 405 g/mol. The van der Waals surface area contributed by atoms with Crippen molar-refractivity contribution in [3.05, 3.63) is 53.8 Å². The number of piperidine rings is 1. The number of halogens is 1. The number of aryl methyl sites for hydroxylation is 1. The van der Waals surface area contributed by atoms with Crippen molar-refractivity contribution in [2.24, 2.45) is 0 Å². The maximum atomic E-state index is 13.6. The number of benzene rings is 2. The van der Waals surface area contributed by atoms with Crippen LogP contribution in [0.4, 0.5) is 15.8 Å². The molecule has 1 aliphatic heterocycles. The molecule has 8 heteroatoms. The van der Waals surface area contributed by atoms with Crippen molar-refractivity contribution in [2.45, 2.75) is 31.1 Å². The maximum Gasteiger partial charge on any atom is 0.243 e. The third kappa shape index (κ3) is 4.88. The van der Waals surface area contributed by atoms with Gasteiger partial charge in [0.05, 0.1) is 11.4 Å². The molecular weight excluding hydrogens is 381 g/mol. The van der Waals surface area contributed by atoms with Gasteiger partial charge in [-0.15, -0.1) is 0 Å². The molecule has 0 aliphatic carbocycles. The summed E-state index contributed by atoms with van der Waals surface area (Å²) in [5, 5.41) is 5.53. The van der Waals surface area contributed by atoms with Gasteiger partial charge in [-0.25, -0.2) is 12.8 Å². The summed E-state index contributed by atoms with van der Waals surface area (Å²) in [5.74, 6) is -0.700. The molecule has 2 aromatic carbocycles. The number of carbonyl (C=O) groups excluding carboxylic acids is 1. The van der Waals surface area contributed by atoms with Crippen LogP contribution in [0.15, 0.2) is 47.4 Å². The first kappa shape index (κ1) is 20.3. The minimum absolute atomic E-state index is 0.0639. The van der Waals surface area contributed by atoms with Gasteiger partial charge in [0.2, 0.25) is 15.9 Å². The Bertz CT molecular complexity index is 957. The third-order valence-electron chi connectivity index (χ3n) is 4.70. The lowest BCUT2D eigenvalue weighted by molar-refractivity contribution is -0.114. The van der Waals surface area contributed by atoms with Crippen LogP contribution in [-0.2, 0) is 14.8 Å². The zero-order chi connectivity index (χ0) is 20.1. The molecule has 0 aromatic heterocycles. The number of anilines is 2. The van der Waals surface area contributed by atoms with E-state index in [1.807, 2.05) is 0 Å². The second kappa shape index (κ2) is 8.70. The van der Waals surface area contributed by atoms with Gasteiger partial charge < -0.3 is 10.6 Å². The van der Waals surface area contributed by atoms with Gasteiger partial charge >= 0.3 is 0 Å². The van der Waals surface area contributed by atoms with Crippen molar-refractivity contribution in [2.75, 3.05) is 30.3 Å². The Labute approximate surface area is 164 Å². The predicted molar refractivity (Wildman–Crippen MR) is 107 cm³/mol. The van der Waals surface area contributed by atoms with Crippen molar-refractivity contribution < 1.29 is 17.6 Å². The first-order chi connectivity index (χ1) is 13.4. The second-order valence-corrected chi connectivity index (χ2v) is 8.80. The van der Waals surface area contributed by atoms with Crippen LogP contribution >= 0.6 is 0 Å².